The molecule has 0 amide bonds. The largest absolute Gasteiger partial charge is 0.493 e. The zero-order valence-electron chi connectivity index (χ0n) is 18.2. The molecule has 29 heavy (non-hydrogen) atoms. The number of hydrogen-bond donors (Lipinski definition) is 2. The average Bonchev–Trinajstić information content (AvgIpc) is 3.48. The van der Waals surface area contributed by atoms with E-state index in [1.54, 1.807) is 7.05 Å². The summed E-state index contributed by atoms with van der Waals surface area (Å²) in [6.45, 7) is 7.86. The molecule has 0 radical (unpaired) electrons. The Bertz CT molecular complexity index is 829. The normalized spacial score (nSPS) is 14.9. The molecule has 0 aliphatic heterocycles. The fraction of sp³-hybridized carbons (Fsp3) is 0.545. The number of hydrogen-bond acceptors (Lipinski definition) is 3. The molecule has 1 aromatic heterocycles. The van der Waals surface area contributed by atoms with Crippen LogP contribution in [-0.4, -0.2) is 35.4 Å². The maximum atomic E-state index is 6.01. The van der Waals surface area contributed by atoms with Gasteiger partial charge in [-0.1, -0.05) is 18.2 Å². The molecule has 2 aromatic rings. The van der Waals surface area contributed by atoms with Gasteiger partial charge in [-0.15, -0.1) is 24.0 Å². The Morgan fingerprint density at radius 1 is 1.31 bits per heavy atom. The molecule has 3 rings (SSSR count). The molecule has 1 heterocycles. The zero-order valence-corrected chi connectivity index (χ0v) is 20.5. The van der Waals surface area contributed by atoms with Gasteiger partial charge in [0.15, 0.2) is 5.96 Å². The van der Waals surface area contributed by atoms with Crippen LogP contribution in [0.1, 0.15) is 42.3 Å². The first kappa shape index (κ1) is 23.5. The molecular weight excluding hydrogens is 477 g/mol. The molecule has 2 N–H and O–H groups in total. The number of guanidine groups is 1. The second-order valence-electron chi connectivity index (χ2n) is 7.81. The van der Waals surface area contributed by atoms with E-state index in [1.807, 2.05) is 29.9 Å². The SMILES string of the molecule is CN=C(NCc1ccccc1OCC1CC1)NC(C)Cc1c(C)nn(C)c1C.I. The molecule has 1 saturated carbocycles. The van der Waals surface area contributed by atoms with Crippen molar-refractivity contribution in [2.45, 2.75) is 52.6 Å². The Hall–Kier alpha value is -1.77. The summed E-state index contributed by atoms with van der Waals surface area (Å²) in [7, 11) is 3.80. The van der Waals surface area contributed by atoms with Gasteiger partial charge in [0, 0.05) is 37.9 Å². The number of ether oxygens (including phenoxy) is 1. The molecule has 0 bridgehead atoms. The molecule has 1 aromatic carbocycles. The summed E-state index contributed by atoms with van der Waals surface area (Å²) < 4.78 is 7.95. The number of para-hydroxylation sites is 1. The van der Waals surface area contributed by atoms with E-state index in [-0.39, 0.29) is 30.0 Å². The number of nitrogens with zero attached hydrogens (tertiary/aromatic N) is 3. The fourth-order valence-corrected chi connectivity index (χ4v) is 3.36. The summed E-state index contributed by atoms with van der Waals surface area (Å²) >= 11 is 0. The van der Waals surface area contributed by atoms with Crippen LogP contribution in [0.5, 0.6) is 5.75 Å². The molecular formula is C22H34IN5O. The van der Waals surface area contributed by atoms with Crippen LogP contribution < -0.4 is 15.4 Å². The lowest BCUT2D eigenvalue weighted by Crippen LogP contribution is -2.42. The standard InChI is InChI=1S/C22H33N5O.HI/c1-15(12-20-16(2)26-27(5)17(20)3)25-22(23-4)24-13-19-8-6-7-9-21(19)28-14-18-10-11-18;/h6-9,15,18H,10-14H2,1-5H3,(H2,23,24,25);1H. The second-order valence-corrected chi connectivity index (χ2v) is 7.81. The second kappa shape index (κ2) is 10.8. The minimum absolute atomic E-state index is 0. The Morgan fingerprint density at radius 3 is 2.66 bits per heavy atom. The first-order valence-corrected chi connectivity index (χ1v) is 10.1. The zero-order chi connectivity index (χ0) is 20.1. The van der Waals surface area contributed by atoms with E-state index < -0.39 is 0 Å². The van der Waals surface area contributed by atoms with Crippen molar-refractivity contribution in [3.63, 3.8) is 0 Å². The van der Waals surface area contributed by atoms with E-state index in [9.17, 15) is 0 Å². The van der Waals surface area contributed by atoms with Crippen molar-refractivity contribution in [1.82, 2.24) is 20.4 Å². The van der Waals surface area contributed by atoms with Crippen molar-refractivity contribution in [1.29, 1.82) is 0 Å². The van der Waals surface area contributed by atoms with Gasteiger partial charge in [-0.25, -0.2) is 0 Å². The number of nitrogens with one attached hydrogen (secondary N) is 2. The highest BCUT2D eigenvalue weighted by atomic mass is 127. The van der Waals surface area contributed by atoms with Crippen molar-refractivity contribution >= 4 is 29.9 Å². The summed E-state index contributed by atoms with van der Waals surface area (Å²) in [4.78, 5) is 4.38. The van der Waals surface area contributed by atoms with Gasteiger partial charge in [0.1, 0.15) is 5.75 Å². The highest BCUT2D eigenvalue weighted by Gasteiger charge is 2.22. The molecule has 0 spiro atoms. The van der Waals surface area contributed by atoms with Crippen molar-refractivity contribution in [2.75, 3.05) is 13.7 Å². The predicted molar refractivity (Wildman–Crippen MR) is 129 cm³/mol. The summed E-state index contributed by atoms with van der Waals surface area (Å²) in [5, 5.41) is 11.4. The van der Waals surface area contributed by atoms with Crippen molar-refractivity contribution in [3.8, 4) is 5.75 Å². The third-order valence-electron chi connectivity index (χ3n) is 5.37. The lowest BCUT2D eigenvalue weighted by molar-refractivity contribution is 0.296. The van der Waals surface area contributed by atoms with Crippen LogP contribution in [-0.2, 0) is 20.0 Å². The lowest BCUT2D eigenvalue weighted by Gasteiger charge is -2.19. The monoisotopic (exact) mass is 511 g/mol. The molecule has 6 nitrogen and oxygen atoms in total. The van der Waals surface area contributed by atoms with E-state index in [0.29, 0.717) is 6.54 Å². The van der Waals surface area contributed by atoms with Crippen LogP contribution in [0.15, 0.2) is 29.3 Å². The lowest BCUT2D eigenvalue weighted by atomic mass is 10.1. The van der Waals surface area contributed by atoms with Crippen molar-refractivity contribution in [3.05, 3.63) is 46.8 Å². The van der Waals surface area contributed by atoms with E-state index in [4.69, 9.17) is 4.74 Å². The summed E-state index contributed by atoms with van der Waals surface area (Å²) in [5.74, 6) is 2.51. The first-order chi connectivity index (χ1) is 13.5. The average molecular weight is 511 g/mol. The number of aryl methyl sites for hydroxylation is 2. The van der Waals surface area contributed by atoms with Crippen molar-refractivity contribution < 1.29 is 4.74 Å². The summed E-state index contributed by atoms with van der Waals surface area (Å²) in [5.41, 5.74) is 4.77. The van der Waals surface area contributed by atoms with Crippen LogP contribution in [0.3, 0.4) is 0 Å². The summed E-state index contributed by atoms with van der Waals surface area (Å²) in [6.07, 6.45) is 3.50. The number of rotatable bonds is 8. The quantitative estimate of drug-likeness (QED) is 0.322. The molecule has 0 saturated heterocycles. The first-order valence-electron chi connectivity index (χ1n) is 10.1. The van der Waals surface area contributed by atoms with Crippen molar-refractivity contribution in [2.24, 2.45) is 18.0 Å². The number of halogens is 1. The van der Waals surface area contributed by atoms with Crippen LogP contribution in [0.25, 0.3) is 0 Å². The minimum atomic E-state index is 0. The van der Waals surface area contributed by atoms with Gasteiger partial charge in [0.05, 0.1) is 12.3 Å². The predicted octanol–water partition coefficient (Wildman–Crippen LogP) is 3.74. The number of aliphatic imine (C=N–C) groups is 1. The molecule has 1 unspecified atom stereocenters. The Kier molecular flexibility index (Phi) is 8.79. The Labute approximate surface area is 191 Å². The molecule has 7 heteroatoms. The summed E-state index contributed by atoms with van der Waals surface area (Å²) in [6, 6.07) is 8.47. The Balaban J connectivity index is 0.00000300. The third-order valence-corrected chi connectivity index (χ3v) is 5.37. The number of benzene rings is 1. The molecule has 1 fully saturated rings. The van der Waals surface area contributed by atoms with E-state index in [0.717, 1.165) is 41.9 Å². The maximum Gasteiger partial charge on any atom is 0.191 e. The van der Waals surface area contributed by atoms with E-state index >= 15 is 0 Å². The molecule has 1 aliphatic carbocycles. The topological polar surface area (TPSA) is 63.5 Å². The highest BCUT2D eigenvalue weighted by Crippen LogP contribution is 2.30. The van der Waals surface area contributed by atoms with E-state index in [1.165, 1.54) is 24.1 Å². The minimum Gasteiger partial charge on any atom is -0.493 e. The van der Waals surface area contributed by atoms with Crippen LogP contribution in [0.2, 0.25) is 0 Å². The molecule has 1 atom stereocenters. The fourth-order valence-electron chi connectivity index (χ4n) is 3.36. The highest BCUT2D eigenvalue weighted by molar-refractivity contribution is 14.0. The van der Waals surface area contributed by atoms with Gasteiger partial charge in [-0.05, 0) is 57.6 Å². The van der Waals surface area contributed by atoms with Crippen LogP contribution >= 0.6 is 24.0 Å². The van der Waals surface area contributed by atoms with Gasteiger partial charge in [0.2, 0.25) is 0 Å². The maximum absolute atomic E-state index is 6.01. The van der Waals surface area contributed by atoms with Gasteiger partial charge in [-0.3, -0.25) is 9.67 Å². The Morgan fingerprint density at radius 2 is 2.03 bits per heavy atom. The van der Waals surface area contributed by atoms with Crippen LogP contribution in [0, 0.1) is 19.8 Å². The van der Waals surface area contributed by atoms with Gasteiger partial charge < -0.3 is 15.4 Å². The number of aromatic nitrogens is 2. The van der Waals surface area contributed by atoms with Crippen LogP contribution in [0.4, 0.5) is 0 Å². The van der Waals surface area contributed by atoms with Gasteiger partial charge in [0.25, 0.3) is 0 Å². The van der Waals surface area contributed by atoms with E-state index in [2.05, 4.69) is 47.6 Å². The van der Waals surface area contributed by atoms with Gasteiger partial charge in [-0.2, -0.15) is 5.10 Å². The molecule has 160 valence electrons. The smallest absolute Gasteiger partial charge is 0.191 e. The molecule has 1 aliphatic rings. The van der Waals surface area contributed by atoms with Gasteiger partial charge >= 0.3 is 0 Å². The third kappa shape index (κ3) is 6.62.